The Labute approximate surface area is 117 Å². The van der Waals surface area contributed by atoms with Gasteiger partial charge in [0.15, 0.2) is 0 Å². The van der Waals surface area contributed by atoms with Crippen LogP contribution in [0.1, 0.15) is 15.9 Å². The van der Waals surface area contributed by atoms with Crippen LogP contribution in [-0.2, 0) is 0 Å². The fraction of sp³-hybridized carbons (Fsp3) is 0.0833. The summed E-state index contributed by atoms with van der Waals surface area (Å²) in [4.78, 5) is 19.2. The van der Waals surface area contributed by atoms with Crippen molar-refractivity contribution in [3.05, 3.63) is 46.2 Å². The second kappa shape index (κ2) is 5.49. The van der Waals surface area contributed by atoms with E-state index in [1.807, 2.05) is 13.0 Å². The number of carboxylic acid groups (broad SMARTS) is 1. The van der Waals surface area contributed by atoms with Crippen LogP contribution in [0.3, 0.4) is 0 Å². The van der Waals surface area contributed by atoms with Crippen molar-refractivity contribution in [2.45, 2.75) is 17.0 Å². The summed E-state index contributed by atoms with van der Waals surface area (Å²) >= 11 is 4.79. The molecule has 6 heteroatoms. The van der Waals surface area contributed by atoms with Crippen LogP contribution in [0.15, 0.2) is 45.1 Å². The molecule has 0 unspecified atom stereocenters. The number of hydrogen-bond donors (Lipinski definition) is 1. The van der Waals surface area contributed by atoms with Crippen LogP contribution in [-0.4, -0.2) is 21.0 Å². The van der Waals surface area contributed by atoms with Crippen molar-refractivity contribution in [1.82, 2.24) is 9.97 Å². The molecule has 2 aromatic rings. The van der Waals surface area contributed by atoms with Crippen molar-refractivity contribution in [2.24, 2.45) is 0 Å². The second-order valence-electron chi connectivity index (χ2n) is 3.54. The lowest BCUT2D eigenvalue weighted by Crippen LogP contribution is -1.97. The molecule has 2 heterocycles. The first kappa shape index (κ1) is 13.0. The Balaban J connectivity index is 2.31. The van der Waals surface area contributed by atoms with E-state index in [1.165, 1.54) is 30.1 Å². The zero-order valence-corrected chi connectivity index (χ0v) is 11.8. The summed E-state index contributed by atoms with van der Waals surface area (Å²) in [5.41, 5.74) is 1.29. The van der Waals surface area contributed by atoms with Gasteiger partial charge in [0.2, 0.25) is 0 Å². The summed E-state index contributed by atoms with van der Waals surface area (Å²) < 4.78 is 0.900. The van der Waals surface area contributed by atoms with E-state index in [1.54, 1.807) is 6.20 Å². The lowest BCUT2D eigenvalue weighted by Gasteiger charge is -2.05. The smallest absolute Gasteiger partial charge is 0.335 e. The highest BCUT2D eigenvalue weighted by atomic mass is 79.9. The molecular formula is C12H9BrN2O2S. The Hall–Kier alpha value is -1.40. The van der Waals surface area contributed by atoms with Crippen molar-refractivity contribution >= 4 is 33.7 Å². The van der Waals surface area contributed by atoms with Gasteiger partial charge in [-0.15, -0.1) is 0 Å². The summed E-state index contributed by atoms with van der Waals surface area (Å²) in [5.74, 6) is -0.962. The first-order valence-corrected chi connectivity index (χ1v) is 6.67. The maximum absolute atomic E-state index is 10.9. The minimum atomic E-state index is -0.962. The first-order chi connectivity index (χ1) is 8.58. The highest BCUT2D eigenvalue weighted by Crippen LogP contribution is 2.32. The van der Waals surface area contributed by atoms with Crippen LogP contribution in [0.2, 0.25) is 0 Å². The second-order valence-corrected chi connectivity index (χ2v) is 5.34. The van der Waals surface area contributed by atoms with Crippen molar-refractivity contribution in [3.63, 3.8) is 0 Å². The molecule has 0 aliphatic rings. The number of halogens is 1. The maximum Gasteiger partial charge on any atom is 0.335 e. The Morgan fingerprint density at radius 2 is 2.06 bits per heavy atom. The van der Waals surface area contributed by atoms with E-state index in [0.717, 1.165) is 15.1 Å². The van der Waals surface area contributed by atoms with Gasteiger partial charge in [0.05, 0.1) is 10.0 Å². The maximum atomic E-state index is 10.9. The van der Waals surface area contributed by atoms with Gasteiger partial charge in [-0.05, 0) is 58.4 Å². The number of nitrogens with zero attached hydrogens (tertiary/aromatic N) is 2. The van der Waals surface area contributed by atoms with Crippen molar-refractivity contribution in [3.8, 4) is 0 Å². The van der Waals surface area contributed by atoms with Crippen molar-refractivity contribution < 1.29 is 9.90 Å². The van der Waals surface area contributed by atoms with Gasteiger partial charge >= 0.3 is 5.97 Å². The van der Waals surface area contributed by atoms with E-state index in [4.69, 9.17) is 5.11 Å². The molecular weight excluding hydrogens is 316 g/mol. The van der Waals surface area contributed by atoms with Crippen LogP contribution >= 0.6 is 27.7 Å². The number of aromatic nitrogens is 2. The van der Waals surface area contributed by atoms with E-state index in [-0.39, 0.29) is 5.56 Å². The van der Waals surface area contributed by atoms with Gasteiger partial charge in [-0.3, -0.25) is 0 Å². The Morgan fingerprint density at radius 3 is 2.78 bits per heavy atom. The highest BCUT2D eigenvalue weighted by molar-refractivity contribution is 9.10. The lowest BCUT2D eigenvalue weighted by atomic mass is 10.3. The van der Waals surface area contributed by atoms with Crippen LogP contribution in [0.4, 0.5) is 0 Å². The molecule has 1 N–H and O–H groups in total. The molecule has 18 heavy (non-hydrogen) atoms. The molecule has 0 spiro atoms. The summed E-state index contributed by atoms with van der Waals surface area (Å²) in [5, 5.41) is 10.3. The average Bonchev–Trinajstić information content (AvgIpc) is 2.35. The van der Waals surface area contributed by atoms with E-state index in [2.05, 4.69) is 25.9 Å². The molecule has 0 bridgehead atoms. The van der Waals surface area contributed by atoms with Gasteiger partial charge in [-0.1, -0.05) is 0 Å². The van der Waals surface area contributed by atoms with Crippen molar-refractivity contribution in [1.29, 1.82) is 0 Å². The van der Waals surface area contributed by atoms with Gasteiger partial charge in [0, 0.05) is 12.4 Å². The minimum Gasteiger partial charge on any atom is -0.478 e. The first-order valence-electron chi connectivity index (χ1n) is 5.06. The predicted octanol–water partition coefficient (Wildman–Crippen LogP) is 3.40. The Kier molecular flexibility index (Phi) is 3.98. The third kappa shape index (κ3) is 2.88. The zero-order valence-electron chi connectivity index (χ0n) is 9.42. The number of hydrogen-bond acceptors (Lipinski definition) is 4. The molecule has 0 aromatic carbocycles. The summed E-state index contributed by atoms with van der Waals surface area (Å²) in [6.07, 6.45) is 3.19. The predicted molar refractivity (Wildman–Crippen MR) is 72.0 cm³/mol. The third-order valence-corrected chi connectivity index (χ3v) is 4.43. The van der Waals surface area contributed by atoms with E-state index >= 15 is 0 Å². The standard InChI is InChI=1S/C12H9BrN2O2S/c1-7-2-4-15-11(10(7)13)18-9-6-8(12(16)17)3-5-14-9/h2-6H,1H3,(H,16,17). The molecule has 0 fully saturated rings. The normalized spacial score (nSPS) is 10.3. The molecule has 2 rings (SSSR count). The van der Waals surface area contributed by atoms with Crippen LogP contribution in [0.5, 0.6) is 0 Å². The topological polar surface area (TPSA) is 63.1 Å². The number of rotatable bonds is 3. The zero-order chi connectivity index (χ0) is 13.1. The molecule has 0 aliphatic carbocycles. The van der Waals surface area contributed by atoms with Crippen molar-refractivity contribution in [2.75, 3.05) is 0 Å². The Morgan fingerprint density at radius 1 is 1.33 bits per heavy atom. The quantitative estimate of drug-likeness (QED) is 0.937. The molecule has 4 nitrogen and oxygen atoms in total. The van der Waals surface area contributed by atoms with Crippen LogP contribution in [0, 0.1) is 6.92 Å². The molecule has 92 valence electrons. The van der Waals surface area contributed by atoms with Gasteiger partial charge in [0.1, 0.15) is 10.1 Å². The van der Waals surface area contributed by atoms with Gasteiger partial charge in [-0.25, -0.2) is 14.8 Å². The summed E-state index contributed by atoms with van der Waals surface area (Å²) in [7, 11) is 0. The number of aromatic carboxylic acids is 1. The van der Waals surface area contributed by atoms with Crippen LogP contribution < -0.4 is 0 Å². The molecule has 0 atom stereocenters. The lowest BCUT2D eigenvalue weighted by molar-refractivity contribution is 0.0696. The monoisotopic (exact) mass is 324 g/mol. The molecule has 0 radical (unpaired) electrons. The number of aryl methyl sites for hydroxylation is 1. The van der Waals surface area contributed by atoms with Gasteiger partial charge < -0.3 is 5.11 Å². The average molecular weight is 325 g/mol. The fourth-order valence-corrected chi connectivity index (χ4v) is 2.62. The van der Waals surface area contributed by atoms with Crippen LogP contribution in [0.25, 0.3) is 0 Å². The minimum absolute atomic E-state index is 0.219. The largest absolute Gasteiger partial charge is 0.478 e. The Bertz CT molecular complexity index is 604. The summed E-state index contributed by atoms with van der Waals surface area (Å²) in [6.45, 7) is 1.97. The summed E-state index contributed by atoms with van der Waals surface area (Å²) in [6, 6.07) is 4.89. The molecule has 0 amide bonds. The van der Waals surface area contributed by atoms with E-state index < -0.39 is 5.97 Å². The molecule has 0 aliphatic heterocycles. The van der Waals surface area contributed by atoms with Gasteiger partial charge in [0.25, 0.3) is 0 Å². The molecule has 2 aromatic heterocycles. The number of carbonyl (C=O) groups is 1. The molecule has 0 saturated carbocycles. The SMILES string of the molecule is Cc1ccnc(Sc2cc(C(=O)O)ccn2)c1Br. The van der Waals surface area contributed by atoms with E-state index in [9.17, 15) is 4.79 Å². The highest BCUT2D eigenvalue weighted by Gasteiger charge is 2.09. The number of carboxylic acids is 1. The van der Waals surface area contributed by atoms with E-state index in [0.29, 0.717) is 5.03 Å². The fourth-order valence-electron chi connectivity index (χ4n) is 1.28. The third-order valence-electron chi connectivity index (χ3n) is 2.23. The molecule has 0 saturated heterocycles. The van der Waals surface area contributed by atoms with Gasteiger partial charge in [-0.2, -0.15) is 0 Å². The number of pyridine rings is 2.